The molecule has 0 saturated carbocycles. The normalized spacial score (nSPS) is 25.0. The molecule has 3 aliphatic rings. The van der Waals surface area contributed by atoms with Crippen LogP contribution < -0.4 is 5.32 Å². The number of imidazole rings is 1. The molecule has 5 heteroatoms. The van der Waals surface area contributed by atoms with Crippen molar-refractivity contribution in [2.24, 2.45) is 5.92 Å². The first-order valence-electron chi connectivity index (χ1n) is 10.6. The molecular weight excluding hydrogens is 348 g/mol. The van der Waals surface area contributed by atoms with E-state index in [1.165, 1.54) is 22.4 Å². The predicted octanol–water partition coefficient (Wildman–Crippen LogP) is 2.80. The van der Waals surface area contributed by atoms with Crippen LogP contribution in [0.2, 0.25) is 0 Å². The van der Waals surface area contributed by atoms with E-state index >= 15 is 0 Å². The van der Waals surface area contributed by atoms with Crippen molar-refractivity contribution < 1.29 is 5.11 Å². The monoisotopic (exact) mass is 378 g/mol. The van der Waals surface area contributed by atoms with Crippen molar-refractivity contribution in [1.29, 1.82) is 0 Å². The fourth-order valence-corrected chi connectivity index (χ4v) is 5.25. The average Bonchev–Trinajstić information content (AvgIpc) is 3.25. The lowest BCUT2D eigenvalue weighted by atomic mass is 9.84. The first kappa shape index (κ1) is 18.1. The van der Waals surface area contributed by atoms with Gasteiger partial charge in [-0.25, -0.2) is 4.98 Å². The van der Waals surface area contributed by atoms with Gasteiger partial charge < -0.3 is 15.0 Å². The molecule has 0 bridgehead atoms. The third kappa shape index (κ3) is 3.11. The summed E-state index contributed by atoms with van der Waals surface area (Å²) in [4.78, 5) is 6.97. The van der Waals surface area contributed by atoms with Crippen LogP contribution in [-0.4, -0.2) is 57.9 Å². The number of benzene rings is 1. The van der Waals surface area contributed by atoms with Gasteiger partial charge in [0.1, 0.15) is 0 Å². The van der Waals surface area contributed by atoms with Gasteiger partial charge in [-0.05, 0) is 61.9 Å². The van der Waals surface area contributed by atoms with Crippen LogP contribution >= 0.6 is 0 Å². The van der Waals surface area contributed by atoms with Crippen molar-refractivity contribution in [3.05, 3.63) is 54.1 Å². The van der Waals surface area contributed by atoms with Gasteiger partial charge >= 0.3 is 0 Å². The molecule has 0 amide bonds. The van der Waals surface area contributed by atoms with Crippen LogP contribution in [0.15, 0.2) is 42.9 Å². The molecule has 2 fully saturated rings. The number of likely N-dealkylation sites (tertiary alicyclic amines) is 1. The number of allylic oxidation sites excluding steroid dienone is 2. The Hall–Kier alpha value is -1.95. The molecule has 2 unspecified atom stereocenters. The first-order chi connectivity index (χ1) is 13.7. The Morgan fingerprint density at radius 3 is 2.61 bits per heavy atom. The van der Waals surface area contributed by atoms with Crippen molar-refractivity contribution in [2.45, 2.75) is 44.4 Å². The maximum atomic E-state index is 11.2. The molecule has 0 spiro atoms. The van der Waals surface area contributed by atoms with Crippen molar-refractivity contribution in [2.75, 3.05) is 26.2 Å². The van der Waals surface area contributed by atoms with Crippen molar-refractivity contribution >= 4 is 11.1 Å². The molecule has 0 radical (unpaired) electrons. The quantitative estimate of drug-likeness (QED) is 0.840. The fraction of sp³-hybridized carbons (Fsp3) is 0.522. The van der Waals surface area contributed by atoms with Crippen LogP contribution in [0.5, 0.6) is 0 Å². The highest BCUT2D eigenvalue weighted by Gasteiger charge is 2.35. The summed E-state index contributed by atoms with van der Waals surface area (Å²) in [5, 5.41) is 14.5. The molecule has 5 nitrogen and oxygen atoms in total. The second-order valence-electron chi connectivity index (χ2n) is 8.60. The van der Waals surface area contributed by atoms with Crippen LogP contribution in [-0.2, 0) is 0 Å². The molecule has 3 aliphatic heterocycles. The summed E-state index contributed by atoms with van der Waals surface area (Å²) in [5.74, 6) is 0.397. The molecule has 28 heavy (non-hydrogen) atoms. The third-order valence-electron chi connectivity index (χ3n) is 7.07. The van der Waals surface area contributed by atoms with Gasteiger partial charge in [0.05, 0.1) is 30.4 Å². The minimum absolute atomic E-state index is 0.170. The number of aliphatic hydroxyl groups is 1. The van der Waals surface area contributed by atoms with Crippen LogP contribution in [0.25, 0.3) is 11.1 Å². The van der Waals surface area contributed by atoms with Gasteiger partial charge in [0, 0.05) is 19.1 Å². The number of fused-ring (bicyclic) bond motifs is 1. The molecule has 2 saturated heterocycles. The van der Waals surface area contributed by atoms with E-state index in [0.717, 1.165) is 51.5 Å². The van der Waals surface area contributed by atoms with E-state index in [1.807, 2.05) is 12.5 Å². The summed E-state index contributed by atoms with van der Waals surface area (Å²) >= 11 is 0. The standard InChI is InChI=1S/C23H30N4O/c1-16-21-14-25-15-27(21)20(23(16)18-5-3-2-4-6-18)11-22(28)17-7-9-26(10-8-17)19-12-24-13-19/h2-6,14-15,17,19-20,22,24,28H,7-13H2,1H3. The van der Waals surface area contributed by atoms with E-state index in [2.05, 4.69) is 57.0 Å². The van der Waals surface area contributed by atoms with Crippen LogP contribution in [0.1, 0.15) is 43.5 Å². The maximum absolute atomic E-state index is 11.2. The second kappa shape index (κ2) is 7.47. The van der Waals surface area contributed by atoms with Gasteiger partial charge in [0.25, 0.3) is 0 Å². The van der Waals surface area contributed by atoms with Crippen LogP contribution in [0.4, 0.5) is 0 Å². The number of aliphatic hydroxyl groups excluding tert-OH is 1. The van der Waals surface area contributed by atoms with Crippen LogP contribution in [0, 0.1) is 5.92 Å². The highest BCUT2D eigenvalue weighted by atomic mass is 16.3. The van der Waals surface area contributed by atoms with Gasteiger partial charge in [-0.2, -0.15) is 0 Å². The molecule has 1 aromatic heterocycles. The number of nitrogens with zero attached hydrogens (tertiary/aromatic N) is 3. The lowest BCUT2D eigenvalue weighted by molar-refractivity contribution is 0.0278. The molecule has 0 aliphatic carbocycles. The summed E-state index contributed by atoms with van der Waals surface area (Å²) in [6.07, 6.45) is 6.58. The van der Waals surface area contributed by atoms with E-state index in [1.54, 1.807) is 0 Å². The molecule has 4 heterocycles. The summed E-state index contributed by atoms with van der Waals surface area (Å²) in [5.41, 5.74) is 5.07. The Morgan fingerprint density at radius 2 is 1.93 bits per heavy atom. The highest BCUT2D eigenvalue weighted by molar-refractivity contribution is 5.93. The molecule has 5 rings (SSSR count). The zero-order valence-electron chi connectivity index (χ0n) is 16.6. The Labute approximate surface area is 167 Å². The fourth-order valence-electron chi connectivity index (χ4n) is 5.25. The minimum Gasteiger partial charge on any atom is -0.393 e. The van der Waals surface area contributed by atoms with E-state index in [9.17, 15) is 5.11 Å². The molecule has 1 aromatic carbocycles. The summed E-state index contributed by atoms with van der Waals surface area (Å²) in [7, 11) is 0. The molecule has 148 valence electrons. The third-order valence-corrected chi connectivity index (χ3v) is 7.07. The predicted molar refractivity (Wildman–Crippen MR) is 112 cm³/mol. The number of hydrogen-bond acceptors (Lipinski definition) is 4. The van der Waals surface area contributed by atoms with E-state index in [0.29, 0.717) is 5.92 Å². The van der Waals surface area contributed by atoms with Gasteiger partial charge in [-0.1, -0.05) is 30.3 Å². The lowest BCUT2D eigenvalue weighted by Gasteiger charge is -2.43. The molecule has 2 atom stereocenters. The average molecular weight is 379 g/mol. The minimum atomic E-state index is -0.272. The van der Waals surface area contributed by atoms with Crippen molar-refractivity contribution in [3.63, 3.8) is 0 Å². The number of hydrogen-bond donors (Lipinski definition) is 2. The summed E-state index contributed by atoms with van der Waals surface area (Å²) in [6, 6.07) is 11.5. The summed E-state index contributed by atoms with van der Waals surface area (Å²) < 4.78 is 2.26. The number of piperidine rings is 1. The van der Waals surface area contributed by atoms with Crippen molar-refractivity contribution in [3.8, 4) is 0 Å². The van der Waals surface area contributed by atoms with Gasteiger partial charge in [-0.15, -0.1) is 0 Å². The van der Waals surface area contributed by atoms with Crippen molar-refractivity contribution in [1.82, 2.24) is 19.8 Å². The van der Waals surface area contributed by atoms with Gasteiger partial charge in [-0.3, -0.25) is 4.90 Å². The van der Waals surface area contributed by atoms with E-state index in [4.69, 9.17) is 0 Å². The van der Waals surface area contributed by atoms with Crippen LogP contribution in [0.3, 0.4) is 0 Å². The number of nitrogens with one attached hydrogen (secondary N) is 1. The SMILES string of the molecule is CC1=C(c2ccccc2)C(CC(O)C2CCN(C3CNC3)CC2)n2cncc21. The van der Waals surface area contributed by atoms with Gasteiger partial charge in [0.15, 0.2) is 0 Å². The van der Waals surface area contributed by atoms with E-state index < -0.39 is 0 Å². The highest BCUT2D eigenvalue weighted by Crippen LogP contribution is 2.45. The zero-order chi connectivity index (χ0) is 19.1. The van der Waals surface area contributed by atoms with Gasteiger partial charge in [0.2, 0.25) is 0 Å². The van der Waals surface area contributed by atoms with E-state index in [-0.39, 0.29) is 12.1 Å². The Balaban J connectivity index is 1.32. The Kier molecular flexibility index (Phi) is 4.83. The number of rotatable bonds is 5. The smallest absolute Gasteiger partial charge is 0.0956 e. The zero-order valence-corrected chi connectivity index (χ0v) is 16.6. The topological polar surface area (TPSA) is 53.3 Å². The number of aromatic nitrogens is 2. The Bertz CT molecular complexity index is 846. The lowest BCUT2D eigenvalue weighted by Crippen LogP contribution is -2.59. The molecular formula is C23H30N4O. The first-order valence-corrected chi connectivity index (χ1v) is 10.6. The summed E-state index contributed by atoms with van der Waals surface area (Å²) in [6.45, 7) is 6.69. The molecule has 2 N–H and O–H groups in total. The molecule has 2 aromatic rings. The Morgan fingerprint density at radius 1 is 1.18 bits per heavy atom. The maximum Gasteiger partial charge on any atom is 0.0956 e. The largest absolute Gasteiger partial charge is 0.393 e. The second-order valence-corrected chi connectivity index (χ2v) is 8.60.